The number of carbonyl (C=O) groups is 1. The van der Waals surface area contributed by atoms with Crippen molar-refractivity contribution < 1.29 is 4.79 Å². The minimum Gasteiger partial charge on any atom is -0.349 e. The number of hydrogen-bond donors (Lipinski definition) is 3. The van der Waals surface area contributed by atoms with Crippen molar-refractivity contribution in [2.45, 2.75) is 44.6 Å². The summed E-state index contributed by atoms with van der Waals surface area (Å²) < 4.78 is 0. The molecule has 0 radical (unpaired) electrons. The lowest BCUT2D eigenvalue weighted by molar-refractivity contribution is -0.128. The van der Waals surface area contributed by atoms with Gasteiger partial charge < -0.3 is 16.8 Å². The molecule has 5 N–H and O–H groups in total. The van der Waals surface area contributed by atoms with Crippen LogP contribution < -0.4 is 16.8 Å². The highest BCUT2D eigenvalue weighted by molar-refractivity contribution is 5.80. The number of rotatable bonds is 5. The maximum absolute atomic E-state index is 12.3. The van der Waals surface area contributed by atoms with E-state index < -0.39 is 0 Å². The van der Waals surface area contributed by atoms with Crippen LogP contribution in [0.3, 0.4) is 0 Å². The Balaban J connectivity index is 1.95. The fraction of sp³-hybridized carbons (Fsp3) is 0.923. The van der Waals surface area contributed by atoms with Crippen LogP contribution in [0.1, 0.15) is 39.0 Å². The van der Waals surface area contributed by atoms with Crippen LogP contribution in [0.15, 0.2) is 0 Å². The van der Waals surface area contributed by atoms with Crippen LogP contribution in [0.25, 0.3) is 0 Å². The van der Waals surface area contributed by atoms with Gasteiger partial charge in [-0.1, -0.05) is 6.42 Å². The summed E-state index contributed by atoms with van der Waals surface area (Å²) >= 11 is 0. The first-order valence-corrected chi connectivity index (χ1v) is 6.83. The average Bonchev–Trinajstić information content (AvgIpc) is 3.07. The lowest BCUT2D eigenvalue weighted by Crippen LogP contribution is -2.55. The van der Waals surface area contributed by atoms with E-state index in [0.29, 0.717) is 24.9 Å². The molecule has 2 fully saturated rings. The number of nitrogens with two attached hydrogens (primary N) is 2. The van der Waals surface area contributed by atoms with Crippen LogP contribution in [0.5, 0.6) is 0 Å². The fourth-order valence-corrected chi connectivity index (χ4v) is 3.08. The Labute approximate surface area is 103 Å². The van der Waals surface area contributed by atoms with Crippen molar-refractivity contribution >= 4 is 5.91 Å². The zero-order valence-corrected chi connectivity index (χ0v) is 10.7. The van der Waals surface area contributed by atoms with Gasteiger partial charge in [-0.15, -0.1) is 0 Å². The molecule has 0 aliphatic heterocycles. The van der Waals surface area contributed by atoms with E-state index >= 15 is 0 Å². The normalized spacial score (nSPS) is 32.2. The molecule has 2 aliphatic rings. The fourth-order valence-electron chi connectivity index (χ4n) is 3.08. The SMILES string of the molecule is CC(CN)(NC(=O)[C@@H]1CCC[C@@H]1CN)C1CC1. The lowest BCUT2D eigenvalue weighted by atomic mass is 9.91. The molecule has 1 amide bonds. The van der Waals surface area contributed by atoms with Crippen molar-refractivity contribution in [3.63, 3.8) is 0 Å². The first-order chi connectivity index (χ1) is 8.10. The summed E-state index contributed by atoms with van der Waals surface area (Å²) in [5.74, 6) is 1.24. The van der Waals surface area contributed by atoms with E-state index in [1.165, 1.54) is 12.8 Å². The highest BCUT2D eigenvalue weighted by Crippen LogP contribution is 2.40. The number of carbonyl (C=O) groups excluding carboxylic acids is 1. The van der Waals surface area contributed by atoms with E-state index in [4.69, 9.17) is 11.5 Å². The van der Waals surface area contributed by atoms with E-state index in [1.54, 1.807) is 0 Å². The van der Waals surface area contributed by atoms with Crippen molar-refractivity contribution in [3.05, 3.63) is 0 Å². The molecule has 98 valence electrons. The van der Waals surface area contributed by atoms with Gasteiger partial charge in [-0.25, -0.2) is 0 Å². The number of amides is 1. The molecule has 2 aliphatic carbocycles. The summed E-state index contributed by atoms with van der Waals surface area (Å²) in [5, 5.41) is 3.19. The van der Waals surface area contributed by atoms with Gasteiger partial charge in [-0.3, -0.25) is 4.79 Å². The second-order valence-corrected chi connectivity index (χ2v) is 5.92. The van der Waals surface area contributed by atoms with Crippen LogP contribution in [-0.2, 0) is 4.79 Å². The van der Waals surface area contributed by atoms with Gasteiger partial charge in [-0.05, 0) is 51.0 Å². The van der Waals surface area contributed by atoms with Crippen LogP contribution in [-0.4, -0.2) is 24.5 Å². The van der Waals surface area contributed by atoms with Crippen molar-refractivity contribution in [2.75, 3.05) is 13.1 Å². The molecule has 0 heterocycles. The van der Waals surface area contributed by atoms with E-state index in [9.17, 15) is 4.79 Å². The maximum atomic E-state index is 12.3. The third-order valence-electron chi connectivity index (χ3n) is 4.61. The highest BCUT2D eigenvalue weighted by atomic mass is 16.2. The molecular weight excluding hydrogens is 214 g/mol. The summed E-state index contributed by atoms with van der Waals surface area (Å²) in [6.07, 6.45) is 5.59. The first-order valence-electron chi connectivity index (χ1n) is 6.83. The van der Waals surface area contributed by atoms with Crippen LogP contribution in [0, 0.1) is 17.8 Å². The van der Waals surface area contributed by atoms with Crippen LogP contribution >= 0.6 is 0 Å². The molecule has 3 atom stereocenters. The predicted octanol–water partition coefficient (Wildman–Crippen LogP) is 0.605. The molecule has 0 aromatic rings. The Bertz CT molecular complexity index is 290. The zero-order valence-electron chi connectivity index (χ0n) is 10.7. The molecule has 2 saturated carbocycles. The molecule has 17 heavy (non-hydrogen) atoms. The molecule has 0 saturated heterocycles. The van der Waals surface area contributed by atoms with Gasteiger partial charge in [0.2, 0.25) is 5.91 Å². The van der Waals surface area contributed by atoms with Gasteiger partial charge in [0.05, 0.1) is 5.54 Å². The van der Waals surface area contributed by atoms with Gasteiger partial charge in [0, 0.05) is 12.5 Å². The van der Waals surface area contributed by atoms with E-state index in [1.807, 2.05) is 0 Å². The molecule has 4 heteroatoms. The molecule has 0 spiro atoms. The highest BCUT2D eigenvalue weighted by Gasteiger charge is 2.43. The van der Waals surface area contributed by atoms with Crippen LogP contribution in [0.4, 0.5) is 0 Å². The summed E-state index contributed by atoms with van der Waals surface area (Å²) in [5.41, 5.74) is 11.4. The Kier molecular flexibility index (Phi) is 3.73. The Morgan fingerprint density at radius 1 is 1.29 bits per heavy atom. The molecule has 0 bridgehead atoms. The molecule has 0 aromatic carbocycles. The summed E-state index contributed by atoms with van der Waals surface area (Å²) in [7, 11) is 0. The van der Waals surface area contributed by atoms with Crippen molar-refractivity contribution in [1.82, 2.24) is 5.32 Å². The average molecular weight is 239 g/mol. The van der Waals surface area contributed by atoms with Gasteiger partial charge in [0.25, 0.3) is 0 Å². The van der Waals surface area contributed by atoms with E-state index in [2.05, 4.69) is 12.2 Å². The van der Waals surface area contributed by atoms with E-state index in [0.717, 1.165) is 19.3 Å². The van der Waals surface area contributed by atoms with Gasteiger partial charge in [0.15, 0.2) is 0 Å². The standard InChI is InChI=1S/C13H25N3O/c1-13(8-15,10-5-6-10)16-12(17)11-4-2-3-9(11)7-14/h9-11H,2-8,14-15H2,1H3,(H,16,17)/t9-,11-,13?/m1/s1. The Morgan fingerprint density at radius 3 is 2.53 bits per heavy atom. The lowest BCUT2D eigenvalue weighted by Gasteiger charge is -2.32. The third-order valence-corrected chi connectivity index (χ3v) is 4.61. The predicted molar refractivity (Wildman–Crippen MR) is 68.2 cm³/mol. The summed E-state index contributed by atoms with van der Waals surface area (Å²) in [6, 6.07) is 0. The zero-order chi connectivity index (χ0) is 12.5. The minimum atomic E-state index is -0.196. The molecular formula is C13H25N3O. The third kappa shape index (κ3) is 2.63. The molecule has 2 rings (SSSR count). The number of hydrogen-bond acceptors (Lipinski definition) is 3. The van der Waals surface area contributed by atoms with Crippen molar-refractivity contribution in [2.24, 2.45) is 29.2 Å². The Hall–Kier alpha value is -0.610. The minimum absolute atomic E-state index is 0.115. The summed E-state index contributed by atoms with van der Waals surface area (Å²) in [6.45, 7) is 3.24. The molecule has 4 nitrogen and oxygen atoms in total. The second-order valence-electron chi connectivity index (χ2n) is 5.92. The van der Waals surface area contributed by atoms with E-state index in [-0.39, 0.29) is 17.4 Å². The van der Waals surface area contributed by atoms with Gasteiger partial charge >= 0.3 is 0 Å². The second kappa shape index (κ2) is 4.94. The topological polar surface area (TPSA) is 81.1 Å². The maximum Gasteiger partial charge on any atom is 0.223 e. The first kappa shape index (κ1) is 12.8. The smallest absolute Gasteiger partial charge is 0.223 e. The van der Waals surface area contributed by atoms with Crippen LogP contribution in [0.2, 0.25) is 0 Å². The quantitative estimate of drug-likeness (QED) is 0.657. The Morgan fingerprint density at radius 2 is 2.00 bits per heavy atom. The molecule has 0 aromatic heterocycles. The van der Waals surface area contributed by atoms with Crippen molar-refractivity contribution in [1.29, 1.82) is 0 Å². The van der Waals surface area contributed by atoms with Gasteiger partial charge in [0.1, 0.15) is 0 Å². The molecule has 1 unspecified atom stereocenters. The largest absolute Gasteiger partial charge is 0.349 e. The summed E-state index contributed by atoms with van der Waals surface area (Å²) in [4.78, 5) is 12.3. The monoisotopic (exact) mass is 239 g/mol. The van der Waals surface area contributed by atoms with Crippen molar-refractivity contribution in [3.8, 4) is 0 Å². The van der Waals surface area contributed by atoms with Gasteiger partial charge in [-0.2, -0.15) is 0 Å². The number of nitrogens with one attached hydrogen (secondary N) is 1.